The molecule has 1 amide bonds. The molecule has 0 aliphatic rings. The number of thioether (sulfide) groups is 1. The number of nitrogens with zero attached hydrogens (tertiary/aromatic N) is 4. The summed E-state index contributed by atoms with van der Waals surface area (Å²) in [6, 6.07) is 25.7. The van der Waals surface area contributed by atoms with Crippen molar-refractivity contribution in [3.05, 3.63) is 84.4 Å². The van der Waals surface area contributed by atoms with E-state index in [0.717, 1.165) is 22.6 Å². The van der Waals surface area contributed by atoms with Gasteiger partial charge in [-0.3, -0.25) is 9.36 Å². The number of hydrogen-bond acceptors (Lipinski definition) is 6. The number of carbonyl (C=O) groups excluding carboxylic acids is 1. The number of likely N-dealkylation sites (N-methyl/N-ethyl adjacent to an activating group) is 1. The van der Waals surface area contributed by atoms with Crippen molar-refractivity contribution in [1.82, 2.24) is 19.7 Å². The highest BCUT2D eigenvalue weighted by molar-refractivity contribution is 7.99. The molecule has 180 valence electrons. The molecule has 0 aliphatic carbocycles. The van der Waals surface area contributed by atoms with Gasteiger partial charge in [0.2, 0.25) is 5.91 Å². The SMILES string of the molecule is COc1ccc(CCN(C)C(=O)CSc2nnc(-c3ccccc3)n2-c2ccccc2)cc1OC. The molecule has 7 nitrogen and oxygen atoms in total. The fourth-order valence-corrected chi connectivity index (χ4v) is 4.53. The van der Waals surface area contributed by atoms with E-state index < -0.39 is 0 Å². The van der Waals surface area contributed by atoms with E-state index in [1.807, 2.05) is 90.5 Å². The van der Waals surface area contributed by atoms with Gasteiger partial charge >= 0.3 is 0 Å². The number of hydrogen-bond donors (Lipinski definition) is 0. The Balaban J connectivity index is 1.44. The summed E-state index contributed by atoms with van der Waals surface area (Å²) in [5.74, 6) is 2.41. The summed E-state index contributed by atoms with van der Waals surface area (Å²) in [4.78, 5) is 14.6. The Hall–Kier alpha value is -3.78. The molecular weight excluding hydrogens is 460 g/mol. The van der Waals surface area contributed by atoms with Crippen LogP contribution in [0.3, 0.4) is 0 Å². The molecule has 0 saturated carbocycles. The molecule has 35 heavy (non-hydrogen) atoms. The first-order valence-electron chi connectivity index (χ1n) is 11.2. The lowest BCUT2D eigenvalue weighted by atomic mass is 10.1. The Morgan fingerprint density at radius 2 is 1.60 bits per heavy atom. The lowest BCUT2D eigenvalue weighted by Crippen LogP contribution is -2.30. The molecule has 0 atom stereocenters. The van der Waals surface area contributed by atoms with E-state index in [0.29, 0.717) is 29.6 Å². The van der Waals surface area contributed by atoms with Crippen LogP contribution in [-0.2, 0) is 11.2 Å². The zero-order valence-electron chi connectivity index (χ0n) is 20.0. The lowest BCUT2D eigenvalue weighted by Gasteiger charge is -2.17. The van der Waals surface area contributed by atoms with Crippen LogP contribution >= 0.6 is 11.8 Å². The second-order valence-electron chi connectivity index (χ2n) is 7.89. The molecule has 4 aromatic rings. The predicted octanol–water partition coefficient (Wildman–Crippen LogP) is 4.74. The summed E-state index contributed by atoms with van der Waals surface area (Å²) in [5, 5.41) is 9.52. The van der Waals surface area contributed by atoms with Crippen molar-refractivity contribution in [1.29, 1.82) is 0 Å². The third-order valence-corrected chi connectivity index (χ3v) is 6.53. The highest BCUT2D eigenvalue weighted by Crippen LogP contribution is 2.29. The number of para-hydroxylation sites is 1. The van der Waals surface area contributed by atoms with Crippen molar-refractivity contribution in [2.24, 2.45) is 0 Å². The minimum atomic E-state index is 0.0272. The Labute approximate surface area is 209 Å². The minimum absolute atomic E-state index is 0.0272. The van der Waals surface area contributed by atoms with Gasteiger partial charge < -0.3 is 14.4 Å². The highest BCUT2D eigenvalue weighted by Gasteiger charge is 2.18. The van der Waals surface area contributed by atoms with Crippen LogP contribution in [0.1, 0.15) is 5.56 Å². The van der Waals surface area contributed by atoms with Gasteiger partial charge in [-0.25, -0.2) is 0 Å². The fourth-order valence-electron chi connectivity index (χ4n) is 3.64. The molecule has 4 rings (SSSR count). The standard InChI is InChI=1S/C27H28N4O3S/c1-30(17-16-20-14-15-23(33-2)24(18-20)34-3)25(32)19-35-27-29-28-26(21-10-6-4-7-11-21)31(27)22-12-8-5-9-13-22/h4-15,18H,16-17,19H2,1-3H3. The van der Waals surface area contributed by atoms with Gasteiger partial charge in [0, 0.05) is 24.8 Å². The lowest BCUT2D eigenvalue weighted by molar-refractivity contribution is -0.127. The second kappa shape index (κ2) is 11.6. The van der Waals surface area contributed by atoms with Gasteiger partial charge in [0.25, 0.3) is 0 Å². The Morgan fingerprint density at radius 3 is 2.29 bits per heavy atom. The van der Waals surface area contributed by atoms with Crippen LogP contribution in [0.5, 0.6) is 11.5 Å². The highest BCUT2D eigenvalue weighted by atomic mass is 32.2. The molecule has 3 aromatic carbocycles. The fraction of sp³-hybridized carbons (Fsp3) is 0.222. The molecule has 0 spiro atoms. The third-order valence-electron chi connectivity index (χ3n) is 5.61. The quantitative estimate of drug-likeness (QED) is 0.300. The minimum Gasteiger partial charge on any atom is -0.493 e. The van der Waals surface area contributed by atoms with Crippen molar-refractivity contribution in [2.45, 2.75) is 11.6 Å². The Morgan fingerprint density at radius 1 is 0.914 bits per heavy atom. The number of methoxy groups -OCH3 is 2. The van der Waals surface area contributed by atoms with E-state index in [9.17, 15) is 4.79 Å². The largest absolute Gasteiger partial charge is 0.493 e. The van der Waals surface area contributed by atoms with E-state index in [-0.39, 0.29) is 11.7 Å². The Bertz CT molecular complexity index is 1260. The zero-order valence-corrected chi connectivity index (χ0v) is 20.9. The molecule has 0 unspecified atom stereocenters. The number of carbonyl (C=O) groups is 1. The number of ether oxygens (including phenoxy) is 2. The maximum atomic E-state index is 12.9. The molecule has 1 heterocycles. The van der Waals surface area contributed by atoms with Crippen LogP contribution in [0, 0.1) is 0 Å². The van der Waals surface area contributed by atoms with E-state index in [4.69, 9.17) is 9.47 Å². The van der Waals surface area contributed by atoms with Crippen LogP contribution in [-0.4, -0.2) is 59.1 Å². The summed E-state index contributed by atoms with van der Waals surface area (Å²) >= 11 is 1.39. The molecule has 0 bridgehead atoms. The van der Waals surface area contributed by atoms with E-state index in [1.54, 1.807) is 19.1 Å². The van der Waals surface area contributed by atoms with Crippen LogP contribution in [0.15, 0.2) is 84.0 Å². The van der Waals surface area contributed by atoms with E-state index in [1.165, 1.54) is 11.8 Å². The molecule has 0 N–H and O–H groups in total. The number of amides is 1. The van der Waals surface area contributed by atoms with Gasteiger partial charge in [-0.05, 0) is 36.2 Å². The number of rotatable bonds is 10. The molecule has 0 radical (unpaired) electrons. The zero-order chi connectivity index (χ0) is 24.6. The molecule has 0 fully saturated rings. The average molecular weight is 489 g/mol. The van der Waals surface area contributed by atoms with Crippen molar-refractivity contribution < 1.29 is 14.3 Å². The second-order valence-corrected chi connectivity index (χ2v) is 8.83. The summed E-state index contributed by atoms with van der Waals surface area (Å²) in [6.45, 7) is 0.593. The summed E-state index contributed by atoms with van der Waals surface area (Å²) in [5.41, 5.74) is 2.99. The van der Waals surface area contributed by atoms with Gasteiger partial charge in [-0.2, -0.15) is 0 Å². The normalized spacial score (nSPS) is 10.7. The summed E-state index contributed by atoms with van der Waals surface area (Å²) in [6.07, 6.45) is 0.714. The van der Waals surface area contributed by atoms with Crippen LogP contribution < -0.4 is 9.47 Å². The van der Waals surface area contributed by atoms with Gasteiger partial charge in [0.15, 0.2) is 22.5 Å². The summed E-state index contributed by atoms with van der Waals surface area (Å²) in [7, 11) is 5.05. The van der Waals surface area contributed by atoms with Crippen LogP contribution in [0.2, 0.25) is 0 Å². The molecular formula is C27H28N4O3S. The van der Waals surface area contributed by atoms with Crippen molar-refractivity contribution >= 4 is 17.7 Å². The maximum absolute atomic E-state index is 12.9. The monoisotopic (exact) mass is 488 g/mol. The van der Waals surface area contributed by atoms with E-state index in [2.05, 4.69) is 10.2 Å². The number of aromatic nitrogens is 3. The van der Waals surface area contributed by atoms with Crippen LogP contribution in [0.4, 0.5) is 0 Å². The molecule has 8 heteroatoms. The maximum Gasteiger partial charge on any atom is 0.232 e. The van der Waals surface area contributed by atoms with Crippen LogP contribution in [0.25, 0.3) is 17.1 Å². The topological polar surface area (TPSA) is 69.5 Å². The van der Waals surface area contributed by atoms with Gasteiger partial charge in [-0.15, -0.1) is 10.2 Å². The molecule has 0 saturated heterocycles. The van der Waals surface area contributed by atoms with E-state index >= 15 is 0 Å². The first-order chi connectivity index (χ1) is 17.1. The van der Waals surface area contributed by atoms with Gasteiger partial charge in [0.1, 0.15) is 0 Å². The van der Waals surface area contributed by atoms with Crippen molar-refractivity contribution in [3.63, 3.8) is 0 Å². The van der Waals surface area contributed by atoms with Crippen molar-refractivity contribution in [2.75, 3.05) is 33.6 Å². The van der Waals surface area contributed by atoms with Crippen molar-refractivity contribution in [3.8, 4) is 28.6 Å². The number of benzene rings is 3. The van der Waals surface area contributed by atoms with Gasteiger partial charge in [-0.1, -0.05) is 66.4 Å². The summed E-state index contributed by atoms with van der Waals surface area (Å²) < 4.78 is 12.7. The first-order valence-corrected chi connectivity index (χ1v) is 12.2. The third kappa shape index (κ3) is 5.84. The molecule has 0 aliphatic heterocycles. The first kappa shape index (κ1) is 24.3. The molecule has 1 aromatic heterocycles. The van der Waals surface area contributed by atoms with Gasteiger partial charge in [0.05, 0.1) is 20.0 Å². The Kier molecular flexibility index (Phi) is 8.05. The predicted molar refractivity (Wildman–Crippen MR) is 138 cm³/mol. The smallest absolute Gasteiger partial charge is 0.232 e. The average Bonchev–Trinajstić information content (AvgIpc) is 3.35.